The van der Waals surface area contributed by atoms with E-state index >= 15 is 0 Å². The van der Waals surface area contributed by atoms with E-state index in [1.54, 1.807) is 48.8 Å². The Kier molecular flexibility index (Phi) is 14.0. The highest BCUT2D eigenvalue weighted by Crippen LogP contribution is 2.35. The van der Waals surface area contributed by atoms with Crippen molar-refractivity contribution >= 4 is 69.0 Å². The SMILES string of the molecule is CCc1ncccc1C(=O)Cl.CCc1ncccc1C(=O)Nc1c(NC2CC2)ncnc1-c1ccc(Cl)cc1.Nc1c(NC2CC2)ncnc1-c1ccc(Cl)cc1. The van der Waals surface area contributed by atoms with Crippen molar-refractivity contribution < 1.29 is 9.59 Å². The molecule has 2 fully saturated rings. The van der Waals surface area contributed by atoms with E-state index in [9.17, 15) is 9.59 Å². The molecule has 6 aromatic rings. The van der Waals surface area contributed by atoms with Crippen molar-refractivity contribution in [1.82, 2.24) is 29.9 Å². The topological polar surface area (TPSA) is 174 Å². The normalized spacial score (nSPS) is 12.9. The molecule has 2 aliphatic rings. The van der Waals surface area contributed by atoms with Crippen LogP contribution in [0.2, 0.25) is 10.0 Å². The molecule has 15 heteroatoms. The van der Waals surface area contributed by atoms with Gasteiger partial charge in [0.2, 0.25) is 0 Å². The average molecular weight is 824 g/mol. The molecule has 0 aliphatic heterocycles. The number of hydrogen-bond donors (Lipinski definition) is 4. The van der Waals surface area contributed by atoms with Crippen LogP contribution in [0.5, 0.6) is 0 Å². The number of rotatable bonds is 11. The molecule has 4 heterocycles. The quantitative estimate of drug-likeness (QED) is 0.0917. The number of pyridine rings is 2. The van der Waals surface area contributed by atoms with Gasteiger partial charge in [0.05, 0.1) is 33.9 Å². The molecule has 0 atom stereocenters. The van der Waals surface area contributed by atoms with Gasteiger partial charge in [-0.2, -0.15) is 0 Å². The lowest BCUT2D eigenvalue weighted by atomic mass is 10.1. The smallest absolute Gasteiger partial charge is 0.257 e. The fraction of sp³-hybridized carbons (Fsp3) is 0.238. The van der Waals surface area contributed by atoms with E-state index in [1.165, 1.54) is 25.5 Å². The maximum absolute atomic E-state index is 13.0. The molecule has 2 aromatic carbocycles. The molecule has 0 bridgehead atoms. The second-order valence-electron chi connectivity index (χ2n) is 13.2. The monoisotopic (exact) mass is 822 g/mol. The zero-order valence-electron chi connectivity index (χ0n) is 31.3. The van der Waals surface area contributed by atoms with Crippen LogP contribution in [0.4, 0.5) is 23.0 Å². The minimum absolute atomic E-state index is 0.228. The highest BCUT2D eigenvalue weighted by molar-refractivity contribution is 6.67. The Morgan fingerprint density at radius 3 is 1.63 bits per heavy atom. The lowest BCUT2D eigenvalue weighted by Gasteiger charge is -2.16. The predicted octanol–water partition coefficient (Wildman–Crippen LogP) is 9.56. The van der Waals surface area contributed by atoms with Crippen molar-refractivity contribution in [3.8, 4) is 22.5 Å². The van der Waals surface area contributed by atoms with Crippen molar-refractivity contribution in [3.05, 3.63) is 130 Å². The second-order valence-corrected chi connectivity index (χ2v) is 14.4. The number of aryl methyl sites for hydroxylation is 2. The van der Waals surface area contributed by atoms with Crippen molar-refractivity contribution in [2.24, 2.45) is 0 Å². The predicted molar refractivity (Wildman–Crippen MR) is 228 cm³/mol. The Balaban J connectivity index is 0.000000161. The zero-order chi connectivity index (χ0) is 40.3. The van der Waals surface area contributed by atoms with Crippen molar-refractivity contribution in [2.75, 3.05) is 21.7 Å². The summed E-state index contributed by atoms with van der Waals surface area (Å²) in [6, 6.07) is 22.6. The van der Waals surface area contributed by atoms with Gasteiger partial charge in [0.15, 0.2) is 11.6 Å². The Bertz CT molecular complexity index is 2320. The van der Waals surface area contributed by atoms with Crippen molar-refractivity contribution in [2.45, 2.75) is 64.5 Å². The minimum atomic E-state index is -0.435. The number of carbonyl (C=O) groups excluding carboxylic acids is 2. The first-order valence-corrected chi connectivity index (χ1v) is 19.7. The molecule has 0 radical (unpaired) electrons. The van der Waals surface area contributed by atoms with E-state index in [2.05, 4.69) is 45.9 Å². The Morgan fingerprint density at radius 1 is 0.649 bits per heavy atom. The molecule has 4 aromatic heterocycles. The summed E-state index contributed by atoms with van der Waals surface area (Å²) in [6.07, 6.45) is 12.3. The molecule has 0 saturated heterocycles. The molecule has 292 valence electrons. The molecule has 5 N–H and O–H groups in total. The van der Waals surface area contributed by atoms with Crippen LogP contribution in [-0.4, -0.2) is 53.1 Å². The lowest BCUT2D eigenvalue weighted by Crippen LogP contribution is -2.18. The highest BCUT2D eigenvalue weighted by Gasteiger charge is 2.26. The van der Waals surface area contributed by atoms with E-state index in [0.717, 1.165) is 53.3 Å². The number of amides is 1. The van der Waals surface area contributed by atoms with Gasteiger partial charge in [0.25, 0.3) is 11.1 Å². The number of nitrogen functional groups attached to an aromatic ring is 1. The maximum atomic E-state index is 13.0. The number of nitrogens with one attached hydrogen (secondary N) is 3. The van der Waals surface area contributed by atoms with E-state index in [0.29, 0.717) is 62.6 Å². The van der Waals surface area contributed by atoms with Gasteiger partial charge in [-0.1, -0.05) is 61.3 Å². The fourth-order valence-electron chi connectivity index (χ4n) is 5.64. The number of nitrogens with two attached hydrogens (primary N) is 1. The summed E-state index contributed by atoms with van der Waals surface area (Å²) in [5.74, 6) is 1.11. The van der Waals surface area contributed by atoms with Crippen molar-refractivity contribution in [1.29, 1.82) is 0 Å². The van der Waals surface area contributed by atoms with Gasteiger partial charge in [-0.15, -0.1) is 0 Å². The molecule has 12 nitrogen and oxygen atoms in total. The maximum Gasteiger partial charge on any atom is 0.257 e. The summed E-state index contributed by atoms with van der Waals surface area (Å²) < 4.78 is 0. The third kappa shape index (κ3) is 11.2. The Labute approximate surface area is 346 Å². The van der Waals surface area contributed by atoms with Gasteiger partial charge in [-0.3, -0.25) is 19.6 Å². The largest absolute Gasteiger partial charge is 0.394 e. The first-order chi connectivity index (χ1) is 27.6. The van der Waals surface area contributed by atoms with Crippen molar-refractivity contribution in [3.63, 3.8) is 0 Å². The van der Waals surface area contributed by atoms with Gasteiger partial charge in [-0.05, 0) is 98.7 Å². The van der Waals surface area contributed by atoms with Crippen LogP contribution in [-0.2, 0) is 12.8 Å². The second kappa shape index (κ2) is 19.4. The third-order valence-electron chi connectivity index (χ3n) is 8.95. The fourth-order valence-corrected chi connectivity index (χ4v) is 6.06. The summed E-state index contributed by atoms with van der Waals surface area (Å²) >= 11 is 17.2. The van der Waals surface area contributed by atoms with Gasteiger partial charge < -0.3 is 21.7 Å². The van der Waals surface area contributed by atoms with Crippen LogP contribution in [0.25, 0.3) is 22.5 Å². The minimum Gasteiger partial charge on any atom is -0.394 e. The lowest BCUT2D eigenvalue weighted by molar-refractivity contribution is 0.102. The molecule has 0 spiro atoms. The van der Waals surface area contributed by atoms with E-state index < -0.39 is 5.24 Å². The van der Waals surface area contributed by atoms with E-state index in [4.69, 9.17) is 40.5 Å². The number of benzene rings is 2. The molecular weight excluding hydrogens is 783 g/mol. The summed E-state index contributed by atoms with van der Waals surface area (Å²) in [7, 11) is 0. The van der Waals surface area contributed by atoms with Crippen LogP contribution >= 0.6 is 34.8 Å². The average Bonchev–Trinajstić information content (AvgIpc) is 4.18. The summed E-state index contributed by atoms with van der Waals surface area (Å²) in [5, 5.41) is 10.6. The van der Waals surface area contributed by atoms with Gasteiger partial charge in [-0.25, -0.2) is 19.9 Å². The number of nitrogens with zero attached hydrogens (tertiary/aromatic N) is 6. The third-order valence-corrected chi connectivity index (χ3v) is 9.66. The molecule has 8 rings (SSSR count). The highest BCUT2D eigenvalue weighted by atomic mass is 35.5. The van der Waals surface area contributed by atoms with Gasteiger partial charge in [0.1, 0.15) is 24.0 Å². The molecule has 2 aliphatic carbocycles. The van der Waals surface area contributed by atoms with Gasteiger partial charge >= 0.3 is 0 Å². The number of aromatic nitrogens is 6. The number of halogens is 3. The number of carbonyl (C=O) groups is 2. The van der Waals surface area contributed by atoms with Crippen LogP contribution in [0.15, 0.2) is 97.8 Å². The Hall–Kier alpha value is -5.69. The van der Waals surface area contributed by atoms with Gasteiger partial charge in [0, 0.05) is 45.6 Å². The zero-order valence-corrected chi connectivity index (χ0v) is 33.6. The van der Waals surface area contributed by atoms with E-state index in [-0.39, 0.29) is 5.91 Å². The Morgan fingerprint density at radius 2 is 1.12 bits per heavy atom. The van der Waals surface area contributed by atoms with Crippen LogP contribution in [0.1, 0.15) is 71.6 Å². The summed E-state index contributed by atoms with van der Waals surface area (Å²) in [4.78, 5) is 49.3. The molecular formula is C42H41Cl3N10O2. The van der Waals surface area contributed by atoms with Crippen LogP contribution < -0.4 is 21.7 Å². The molecule has 57 heavy (non-hydrogen) atoms. The van der Waals surface area contributed by atoms with Crippen LogP contribution in [0.3, 0.4) is 0 Å². The molecule has 2 saturated carbocycles. The molecule has 0 unspecified atom stereocenters. The molecule has 1 amide bonds. The number of anilines is 4. The number of hydrogen-bond acceptors (Lipinski definition) is 11. The standard InChI is InChI=1S/C21H20ClN5O.C13H13ClN4.C8H8ClNO/c1-2-17-16(4-3-11-23-17)21(28)27-19-18(13-5-7-14(22)8-6-13)24-12-25-20(19)26-15-9-10-15;14-9-3-1-8(2-4-9)12-11(15)13(17-7-16-12)18-10-5-6-10;1-2-7-6(8(9)11)4-3-5-10-7/h3-8,11-12,15H,2,9-10H2,1H3,(H,27,28)(H,24,25,26);1-4,7,10H,5-6,15H2,(H,16,17,18);3-5H,2H2,1H3. The summed E-state index contributed by atoms with van der Waals surface area (Å²) in [6.45, 7) is 3.91. The first-order valence-electron chi connectivity index (χ1n) is 18.5. The first kappa shape index (κ1) is 41.0. The van der Waals surface area contributed by atoms with E-state index in [1.807, 2.05) is 50.2 Å². The van der Waals surface area contributed by atoms with Crippen LogP contribution in [0, 0.1) is 0 Å². The summed E-state index contributed by atoms with van der Waals surface area (Å²) in [5.41, 5.74) is 13.0.